The van der Waals surface area contributed by atoms with Gasteiger partial charge in [-0.25, -0.2) is 4.72 Å². The quantitative estimate of drug-likeness (QED) is 0.204. The van der Waals surface area contributed by atoms with Gasteiger partial charge >= 0.3 is 10.2 Å². The summed E-state index contributed by atoms with van der Waals surface area (Å²) in [5.41, 5.74) is -2.82. The van der Waals surface area contributed by atoms with E-state index in [2.05, 4.69) is 59.8 Å². The number of amides is 5. The molecular formula is C43H71N7O7S. The van der Waals surface area contributed by atoms with Crippen LogP contribution in [0.5, 0.6) is 0 Å². The number of hydrogen-bond acceptors (Lipinski definition) is 8. The Balaban J connectivity index is 1.29. The van der Waals surface area contributed by atoms with E-state index in [-0.39, 0.29) is 58.4 Å². The fourth-order valence-corrected chi connectivity index (χ4v) is 12.3. The summed E-state index contributed by atoms with van der Waals surface area (Å²) in [6.07, 6.45) is 12.5. The van der Waals surface area contributed by atoms with E-state index in [9.17, 15) is 27.6 Å². The van der Waals surface area contributed by atoms with Gasteiger partial charge < -0.3 is 20.9 Å². The molecule has 15 heteroatoms. The minimum Gasteiger partial charge on any atom is -0.343 e. The van der Waals surface area contributed by atoms with Gasteiger partial charge in [-0.2, -0.15) is 12.7 Å². The van der Waals surface area contributed by atoms with Crippen molar-refractivity contribution in [1.82, 2.24) is 34.8 Å². The smallest absolute Gasteiger partial charge is 0.303 e. The zero-order chi connectivity index (χ0) is 42.8. The maximum atomic E-state index is 15.2. The first kappa shape index (κ1) is 44.5. The molecule has 0 aromatic heterocycles. The van der Waals surface area contributed by atoms with Crippen molar-refractivity contribution in [2.45, 2.75) is 168 Å². The van der Waals surface area contributed by atoms with Gasteiger partial charge in [-0.15, -0.1) is 6.58 Å². The first-order chi connectivity index (χ1) is 27.0. The molecule has 0 aromatic carbocycles. The normalized spacial score (nSPS) is 31.6. The van der Waals surface area contributed by atoms with E-state index in [4.69, 9.17) is 0 Å². The van der Waals surface area contributed by atoms with Crippen molar-refractivity contribution in [1.29, 1.82) is 0 Å². The Morgan fingerprint density at radius 2 is 1.48 bits per heavy atom. The van der Waals surface area contributed by atoms with Crippen LogP contribution in [0.1, 0.15) is 132 Å². The molecule has 0 unspecified atom stereocenters. The maximum absolute atomic E-state index is 15.2. The van der Waals surface area contributed by atoms with Crippen LogP contribution < -0.4 is 20.7 Å². The lowest BCUT2D eigenvalue weighted by Crippen LogP contribution is -2.63. The van der Waals surface area contributed by atoms with Crippen LogP contribution >= 0.6 is 0 Å². The molecule has 4 N–H and O–H groups in total. The number of hydrogen-bond donors (Lipinski definition) is 4. The maximum Gasteiger partial charge on any atom is 0.303 e. The molecule has 58 heavy (non-hydrogen) atoms. The van der Waals surface area contributed by atoms with Crippen LogP contribution in [0.15, 0.2) is 12.7 Å². The molecule has 2 saturated heterocycles. The van der Waals surface area contributed by atoms with E-state index in [1.807, 2.05) is 20.8 Å². The Morgan fingerprint density at radius 1 is 0.845 bits per heavy atom. The molecule has 6 fully saturated rings. The van der Waals surface area contributed by atoms with Gasteiger partial charge in [-0.3, -0.25) is 28.9 Å². The summed E-state index contributed by atoms with van der Waals surface area (Å²) in [6.45, 7) is 19.3. The third-order valence-corrected chi connectivity index (χ3v) is 17.2. The third kappa shape index (κ3) is 7.51. The Morgan fingerprint density at radius 3 is 2.00 bits per heavy atom. The zero-order valence-corrected chi connectivity index (χ0v) is 37.4. The van der Waals surface area contributed by atoms with E-state index < -0.39 is 57.0 Å². The third-order valence-electron chi connectivity index (χ3n) is 15.8. The van der Waals surface area contributed by atoms with E-state index in [1.165, 1.54) is 20.2 Å². The number of piperidine rings is 1. The van der Waals surface area contributed by atoms with Gasteiger partial charge in [0, 0.05) is 38.0 Å². The molecular weight excluding hydrogens is 759 g/mol. The van der Waals surface area contributed by atoms with Crippen LogP contribution in [0.25, 0.3) is 0 Å². The number of likely N-dealkylation sites (tertiary alicyclic amines) is 2. The van der Waals surface area contributed by atoms with Gasteiger partial charge in [0.25, 0.3) is 5.91 Å². The molecule has 0 aromatic rings. The van der Waals surface area contributed by atoms with E-state index >= 15 is 4.79 Å². The summed E-state index contributed by atoms with van der Waals surface area (Å²) in [5.74, 6) is -2.87. The standard InChI is InChI=1S/C43H71N7O7S/c1-11-29-24-43(29,38(55)47-58(56,57)48(9)10)46-35(52)31-25-42(40(7,8)41(42)21-17-22-41)26-50(31)37(54)33(39(4,5)6)45-36(53)32(28-18-13-12-14-19-28)44-34(51)30-20-15-16-23-49(30)27(2)3/h11,27-33H,1,12-26H2,2-10H3,(H,44,51)(H,45,53)(H,46,52)(H,47,55)/t29-,30+,31+,32+,33-,42-,43-/m1/s1. The molecule has 5 amide bonds. The second-order valence-corrected chi connectivity index (χ2v) is 22.5. The molecule has 4 aliphatic carbocycles. The average Bonchev–Trinajstić information content (AvgIpc) is 3.87. The molecule has 7 atom stereocenters. The second-order valence-electron chi connectivity index (χ2n) is 20.6. The Hall–Kier alpha value is -3.04. The highest BCUT2D eigenvalue weighted by Crippen LogP contribution is 2.88. The first-order valence-electron chi connectivity index (χ1n) is 21.9. The molecule has 0 bridgehead atoms. The highest BCUT2D eigenvalue weighted by atomic mass is 32.2. The number of fused-ring (bicyclic) bond motifs is 1. The minimum absolute atomic E-state index is 0.0224. The number of carbonyl (C=O) groups is 5. The highest BCUT2D eigenvalue weighted by molar-refractivity contribution is 7.87. The lowest BCUT2D eigenvalue weighted by molar-refractivity contribution is -0.145. The van der Waals surface area contributed by atoms with Crippen molar-refractivity contribution in [3.05, 3.63) is 12.7 Å². The van der Waals surface area contributed by atoms with Gasteiger partial charge in [0.05, 0.1) is 6.04 Å². The molecule has 0 radical (unpaired) electrons. The minimum atomic E-state index is -4.15. The van der Waals surface area contributed by atoms with E-state index in [0.29, 0.717) is 13.0 Å². The zero-order valence-electron chi connectivity index (χ0n) is 36.5. The van der Waals surface area contributed by atoms with Gasteiger partial charge in [0.15, 0.2) is 0 Å². The van der Waals surface area contributed by atoms with Crippen molar-refractivity contribution >= 4 is 39.7 Å². The molecule has 14 nitrogen and oxygen atoms in total. The summed E-state index contributed by atoms with van der Waals surface area (Å²) in [7, 11) is -1.53. The van der Waals surface area contributed by atoms with E-state index in [1.54, 1.807) is 4.90 Å². The Labute approximate surface area is 347 Å². The molecule has 2 spiro atoms. The summed E-state index contributed by atoms with van der Waals surface area (Å²) in [5, 5.41) is 9.26. The fraction of sp³-hybridized carbons (Fsp3) is 0.837. The van der Waals surface area contributed by atoms with Crippen LogP contribution in [0.3, 0.4) is 0 Å². The molecule has 2 aliphatic heterocycles. The van der Waals surface area contributed by atoms with Gasteiger partial charge in [0.1, 0.15) is 23.7 Å². The number of nitrogens with one attached hydrogen (secondary N) is 4. The average molecular weight is 830 g/mol. The summed E-state index contributed by atoms with van der Waals surface area (Å²) >= 11 is 0. The van der Waals surface area contributed by atoms with Crippen molar-refractivity contribution in [3.8, 4) is 0 Å². The van der Waals surface area contributed by atoms with Crippen molar-refractivity contribution < 1.29 is 32.4 Å². The van der Waals surface area contributed by atoms with Gasteiger partial charge in [-0.1, -0.05) is 72.8 Å². The van der Waals surface area contributed by atoms with Crippen LogP contribution in [-0.2, 0) is 34.2 Å². The highest BCUT2D eigenvalue weighted by Gasteiger charge is 2.85. The van der Waals surface area contributed by atoms with E-state index in [0.717, 1.165) is 81.5 Å². The lowest BCUT2D eigenvalue weighted by Gasteiger charge is -2.40. The van der Waals surface area contributed by atoms with Crippen LogP contribution in [0.2, 0.25) is 0 Å². The van der Waals surface area contributed by atoms with Crippen LogP contribution in [0, 0.1) is 33.5 Å². The fourth-order valence-electron chi connectivity index (χ4n) is 11.7. The largest absolute Gasteiger partial charge is 0.343 e. The Bertz CT molecular complexity index is 1760. The SMILES string of the molecule is C=C[C@@H]1C[C@]1(NC(=O)[C@@H]1C[C@@]2(CN1C(=O)[C@@H](NC(=O)[C@@H](NC(=O)[C@@H]1CCCCN1C(C)C)C1CCCCC1)C(C)(C)C)C(C)(C)C21CCC1)C(=O)NS(=O)(=O)N(C)C. The monoisotopic (exact) mass is 830 g/mol. The topological polar surface area (TPSA) is 177 Å². The predicted molar refractivity (Wildman–Crippen MR) is 222 cm³/mol. The predicted octanol–water partition coefficient (Wildman–Crippen LogP) is 3.63. The van der Waals surface area contributed by atoms with Crippen LogP contribution in [0.4, 0.5) is 0 Å². The second kappa shape index (κ2) is 15.8. The summed E-state index contributed by atoms with van der Waals surface area (Å²) in [6, 6.07) is -2.94. The van der Waals surface area contributed by atoms with Gasteiger partial charge in [0.2, 0.25) is 23.6 Å². The lowest BCUT2D eigenvalue weighted by atomic mass is 9.73. The summed E-state index contributed by atoms with van der Waals surface area (Å²) < 4.78 is 28.4. The number of carbonyl (C=O) groups excluding carboxylic acids is 5. The molecule has 4 saturated carbocycles. The molecule has 6 aliphatic rings. The molecule has 326 valence electrons. The van der Waals surface area contributed by atoms with Crippen LogP contribution in [-0.4, -0.2) is 115 Å². The first-order valence-corrected chi connectivity index (χ1v) is 23.3. The van der Waals surface area contributed by atoms with Gasteiger partial charge in [-0.05, 0) is 93.9 Å². The molecule has 2 heterocycles. The van der Waals surface area contributed by atoms with Crippen molar-refractivity contribution in [2.75, 3.05) is 27.2 Å². The van der Waals surface area contributed by atoms with Crippen molar-refractivity contribution in [3.63, 3.8) is 0 Å². The number of nitrogens with zero attached hydrogens (tertiary/aromatic N) is 3. The summed E-state index contributed by atoms with van der Waals surface area (Å²) in [4.78, 5) is 76.1. The number of rotatable bonds is 13. The molecule has 6 rings (SSSR count). The van der Waals surface area contributed by atoms with Crippen molar-refractivity contribution in [2.24, 2.45) is 33.5 Å². The Kier molecular flexibility index (Phi) is 12.1.